The van der Waals surface area contributed by atoms with Gasteiger partial charge in [0.15, 0.2) is 5.11 Å². The number of allylic oxidation sites excluding steroid dienone is 2. The highest BCUT2D eigenvalue weighted by atomic mass is 32.2. The molecular weight excluding hydrogens is 422 g/mol. The molecular formula is C20H31N5O3S2. The van der Waals surface area contributed by atoms with Crippen molar-refractivity contribution in [3.05, 3.63) is 46.5 Å². The lowest BCUT2D eigenvalue weighted by atomic mass is 9.84. The zero-order valence-corrected chi connectivity index (χ0v) is 18.9. The van der Waals surface area contributed by atoms with Crippen molar-refractivity contribution in [3.8, 4) is 0 Å². The van der Waals surface area contributed by atoms with E-state index < -0.39 is 4.92 Å². The molecule has 5 unspecified atom stereocenters. The highest BCUT2D eigenvalue weighted by Gasteiger charge is 2.42. The predicted octanol–water partition coefficient (Wildman–Crippen LogP) is 2.24. The third-order valence-corrected chi connectivity index (χ3v) is 7.78. The van der Waals surface area contributed by atoms with Gasteiger partial charge in [0.05, 0.1) is 23.1 Å². The first-order chi connectivity index (χ1) is 14.5. The Morgan fingerprint density at radius 3 is 2.87 bits per heavy atom. The van der Waals surface area contributed by atoms with Crippen molar-refractivity contribution in [1.29, 1.82) is 0 Å². The highest BCUT2D eigenvalue weighted by molar-refractivity contribution is 8.00. The molecule has 10 heteroatoms. The Balaban J connectivity index is 1.65. The van der Waals surface area contributed by atoms with Gasteiger partial charge in [0.25, 0.3) is 0 Å². The number of nitrogens with one attached hydrogen (secondary N) is 4. The lowest BCUT2D eigenvalue weighted by molar-refractivity contribution is -0.402. The Morgan fingerprint density at radius 2 is 2.17 bits per heavy atom. The Morgan fingerprint density at radius 1 is 1.37 bits per heavy atom. The third kappa shape index (κ3) is 5.96. The molecule has 4 N–H and O–H groups in total. The van der Waals surface area contributed by atoms with Gasteiger partial charge >= 0.3 is 0 Å². The fourth-order valence-electron chi connectivity index (χ4n) is 4.48. The molecule has 3 fully saturated rings. The van der Waals surface area contributed by atoms with Gasteiger partial charge in [0.1, 0.15) is 5.76 Å². The summed E-state index contributed by atoms with van der Waals surface area (Å²) in [7, 11) is 1.49. The first kappa shape index (κ1) is 23.1. The fourth-order valence-corrected chi connectivity index (χ4v) is 6.52. The van der Waals surface area contributed by atoms with Crippen LogP contribution in [-0.2, 0) is 4.74 Å². The molecule has 8 nitrogen and oxygen atoms in total. The molecule has 0 bridgehead atoms. The standard InChI is InChI=1S/C20H31N5O3S2/c1-3-17(28-2)15(9-11-25(26)27)24-20(29)23-14-7-5-4-6-13(14)19-22-16-8-10-21-12-18(16)30-19/h3,9,11,13-14,16,18-19,21-22H,1,4-8,10,12H2,2H3,(H2,23,24,29)/b11-9+,17-15-. The maximum absolute atomic E-state index is 10.7. The van der Waals surface area contributed by atoms with Crippen LogP contribution in [0, 0.1) is 16.0 Å². The average molecular weight is 454 g/mol. The molecule has 0 amide bonds. The van der Waals surface area contributed by atoms with E-state index in [1.54, 1.807) is 0 Å². The predicted molar refractivity (Wildman–Crippen MR) is 125 cm³/mol. The molecule has 3 aliphatic rings. The summed E-state index contributed by atoms with van der Waals surface area (Å²) in [5.41, 5.74) is 0.402. The number of methoxy groups -OCH3 is 1. The molecule has 30 heavy (non-hydrogen) atoms. The molecule has 2 heterocycles. The molecule has 0 aromatic heterocycles. The van der Waals surface area contributed by atoms with Crippen LogP contribution in [0.1, 0.15) is 32.1 Å². The molecule has 2 saturated heterocycles. The molecule has 2 aliphatic heterocycles. The van der Waals surface area contributed by atoms with Gasteiger partial charge in [-0.05, 0) is 44.1 Å². The van der Waals surface area contributed by atoms with Crippen molar-refractivity contribution in [1.82, 2.24) is 21.3 Å². The maximum Gasteiger partial charge on any atom is 0.236 e. The van der Waals surface area contributed by atoms with E-state index in [0.717, 1.165) is 32.1 Å². The zero-order valence-electron chi connectivity index (χ0n) is 17.3. The SMILES string of the molecule is C=C/C(OC)=C(\C=C\[N+](=O)[O-])NC(=S)NC1CCCCC1C1NC2CCNCC2S1. The van der Waals surface area contributed by atoms with Gasteiger partial charge < -0.3 is 26.0 Å². The minimum Gasteiger partial charge on any atom is -0.495 e. The Labute approximate surface area is 187 Å². The van der Waals surface area contributed by atoms with Crippen LogP contribution in [0.15, 0.2) is 36.4 Å². The number of rotatable bonds is 7. The van der Waals surface area contributed by atoms with Crippen LogP contribution >= 0.6 is 24.0 Å². The summed E-state index contributed by atoms with van der Waals surface area (Å²) in [4.78, 5) is 10.2. The summed E-state index contributed by atoms with van der Waals surface area (Å²) < 4.78 is 5.26. The van der Waals surface area contributed by atoms with Gasteiger partial charge in [-0.1, -0.05) is 19.4 Å². The first-order valence-electron chi connectivity index (χ1n) is 10.4. The van der Waals surface area contributed by atoms with E-state index in [9.17, 15) is 10.1 Å². The number of ether oxygens (including phenoxy) is 1. The van der Waals surface area contributed by atoms with E-state index in [4.69, 9.17) is 17.0 Å². The molecule has 3 rings (SSSR count). The van der Waals surface area contributed by atoms with Crippen molar-refractivity contribution < 1.29 is 9.66 Å². The summed E-state index contributed by atoms with van der Waals surface area (Å²) in [5, 5.41) is 26.1. The number of nitrogens with zero attached hydrogens (tertiary/aromatic N) is 1. The highest BCUT2D eigenvalue weighted by Crippen LogP contribution is 2.39. The molecule has 166 valence electrons. The van der Waals surface area contributed by atoms with Gasteiger partial charge in [-0.2, -0.15) is 0 Å². The number of thioether (sulfide) groups is 1. The minimum absolute atomic E-state index is 0.257. The second-order valence-corrected chi connectivity index (χ2v) is 9.60. The topological polar surface area (TPSA) is 100 Å². The van der Waals surface area contributed by atoms with Crippen LogP contribution in [0.25, 0.3) is 0 Å². The Hall–Kier alpha value is -1.62. The Bertz CT molecular complexity index is 701. The molecule has 1 aliphatic carbocycles. The Kier molecular flexibility index (Phi) is 8.55. The van der Waals surface area contributed by atoms with Crippen LogP contribution < -0.4 is 21.3 Å². The first-order valence-corrected chi connectivity index (χ1v) is 11.8. The lowest BCUT2D eigenvalue weighted by Gasteiger charge is -2.36. The third-order valence-electron chi connectivity index (χ3n) is 5.93. The number of thiocarbonyl (C=S) groups is 1. The van der Waals surface area contributed by atoms with Crippen LogP contribution in [-0.4, -0.2) is 52.9 Å². The van der Waals surface area contributed by atoms with Crippen LogP contribution in [0.3, 0.4) is 0 Å². The smallest absolute Gasteiger partial charge is 0.236 e. The van der Waals surface area contributed by atoms with Gasteiger partial charge in [-0.3, -0.25) is 10.1 Å². The summed E-state index contributed by atoms with van der Waals surface area (Å²) >= 11 is 7.61. The van der Waals surface area contributed by atoms with E-state index in [2.05, 4.69) is 39.6 Å². The summed E-state index contributed by atoms with van der Waals surface area (Å²) in [6, 6.07) is 0.847. The quantitative estimate of drug-likeness (QED) is 0.152. The van der Waals surface area contributed by atoms with Crippen LogP contribution in [0.5, 0.6) is 0 Å². The molecule has 0 spiro atoms. The summed E-state index contributed by atoms with van der Waals surface area (Å²) in [5.74, 6) is 0.874. The zero-order chi connectivity index (χ0) is 21.5. The number of fused-ring (bicyclic) bond motifs is 1. The van der Waals surface area contributed by atoms with Gasteiger partial charge in [-0.15, -0.1) is 11.8 Å². The molecule has 0 radical (unpaired) electrons. The fraction of sp³-hybridized carbons (Fsp3) is 0.650. The van der Waals surface area contributed by atoms with E-state index in [1.807, 2.05) is 0 Å². The van der Waals surface area contributed by atoms with Crippen LogP contribution in [0.4, 0.5) is 0 Å². The van der Waals surface area contributed by atoms with Crippen LogP contribution in [0.2, 0.25) is 0 Å². The minimum atomic E-state index is -0.525. The van der Waals surface area contributed by atoms with E-state index >= 15 is 0 Å². The molecule has 0 aromatic carbocycles. The van der Waals surface area contributed by atoms with Crippen molar-refractivity contribution in [3.63, 3.8) is 0 Å². The van der Waals surface area contributed by atoms with Crippen molar-refractivity contribution in [2.24, 2.45) is 5.92 Å². The van der Waals surface area contributed by atoms with E-state index in [1.165, 1.54) is 38.5 Å². The summed E-state index contributed by atoms with van der Waals surface area (Å²) in [6.07, 6.45) is 9.48. The number of nitro groups is 1. The normalized spacial score (nSPS) is 32.1. The second kappa shape index (κ2) is 11.1. The maximum atomic E-state index is 10.7. The summed E-state index contributed by atoms with van der Waals surface area (Å²) in [6.45, 7) is 5.85. The number of piperidine rings is 1. The second-order valence-electron chi connectivity index (χ2n) is 7.80. The largest absolute Gasteiger partial charge is 0.495 e. The van der Waals surface area contributed by atoms with Crippen molar-refractivity contribution in [2.75, 3.05) is 20.2 Å². The lowest BCUT2D eigenvalue weighted by Crippen LogP contribution is -2.52. The average Bonchev–Trinajstić information content (AvgIpc) is 3.17. The van der Waals surface area contributed by atoms with Gasteiger partial charge in [-0.25, -0.2) is 0 Å². The molecule has 1 saturated carbocycles. The van der Waals surface area contributed by atoms with Gasteiger partial charge in [0.2, 0.25) is 6.20 Å². The molecule has 0 aromatic rings. The molecule has 5 atom stereocenters. The van der Waals surface area contributed by atoms with Crippen molar-refractivity contribution in [2.45, 2.75) is 54.8 Å². The number of hydrogen-bond acceptors (Lipinski definition) is 7. The monoisotopic (exact) mass is 453 g/mol. The van der Waals surface area contributed by atoms with E-state index in [0.29, 0.717) is 39.2 Å². The van der Waals surface area contributed by atoms with Crippen molar-refractivity contribution >= 4 is 29.1 Å². The van der Waals surface area contributed by atoms with Gasteiger partial charge in [0, 0.05) is 35.9 Å². The van der Waals surface area contributed by atoms with E-state index in [-0.39, 0.29) is 6.04 Å². The number of hydrogen-bond donors (Lipinski definition) is 4.